The summed E-state index contributed by atoms with van der Waals surface area (Å²) in [5.41, 5.74) is 0.149. The molecule has 1 amide bonds. The Morgan fingerprint density at radius 2 is 2.24 bits per heavy atom. The number of methoxy groups -OCH3 is 1. The van der Waals surface area contributed by atoms with Crippen LogP contribution in [0.1, 0.15) is 17.3 Å². The molecule has 1 atom stereocenters. The van der Waals surface area contributed by atoms with Crippen LogP contribution in [0.5, 0.6) is 11.5 Å². The van der Waals surface area contributed by atoms with Crippen molar-refractivity contribution in [1.29, 1.82) is 5.26 Å². The Morgan fingerprint density at radius 1 is 1.59 bits per heavy atom. The van der Waals surface area contributed by atoms with Crippen LogP contribution in [-0.4, -0.2) is 36.1 Å². The van der Waals surface area contributed by atoms with E-state index in [4.69, 9.17) is 10.00 Å². The van der Waals surface area contributed by atoms with E-state index in [1.807, 2.05) is 6.07 Å². The lowest BCUT2D eigenvalue weighted by atomic mass is 10.1. The number of nitriles is 1. The van der Waals surface area contributed by atoms with Crippen molar-refractivity contribution in [3.63, 3.8) is 0 Å². The van der Waals surface area contributed by atoms with Crippen LogP contribution in [0.3, 0.4) is 0 Å². The zero-order valence-electron chi connectivity index (χ0n) is 9.97. The molecule has 0 bridgehead atoms. The van der Waals surface area contributed by atoms with Crippen LogP contribution in [0.25, 0.3) is 0 Å². The van der Waals surface area contributed by atoms with E-state index in [9.17, 15) is 9.90 Å². The second kappa shape index (κ2) is 5.21. The molecule has 0 fully saturated rings. The van der Waals surface area contributed by atoms with E-state index < -0.39 is 11.9 Å². The molecule has 1 N–H and O–H groups in total. The smallest absolute Gasteiger partial charge is 0.258 e. The van der Waals surface area contributed by atoms with E-state index in [0.717, 1.165) is 0 Å². The minimum absolute atomic E-state index is 0.149. The highest BCUT2D eigenvalue weighted by Crippen LogP contribution is 2.24. The lowest BCUT2D eigenvalue weighted by Gasteiger charge is -2.19. The summed E-state index contributed by atoms with van der Waals surface area (Å²) in [5, 5.41) is 18.4. The van der Waals surface area contributed by atoms with Crippen molar-refractivity contribution in [3.05, 3.63) is 23.8 Å². The number of benzene rings is 1. The summed E-state index contributed by atoms with van der Waals surface area (Å²) >= 11 is 0. The minimum atomic E-state index is -0.552. The van der Waals surface area contributed by atoms with E-state index in [-0.39, 0.29) is 11.3 Å². The fourth-order valence-electron chi connectivity index (χ4n) is 1.27. The first-order chi connectivity index (χ1) is 8.01. The van der Waals surface area contributed by atoms with Gasteiger partial charge in [-0.1, -0.05) is 0 Å². The number of phenols is 1. The Balaban J connectivity index is 3.02. The van der Waals surface area contributed by atoms with Crippen LogP contribution in [0.15, 0.2) is 18.2 Å². The number of hydrogen-bond acceptors (Lipinski definition) is 4. The van der Waals surface area contributed by atoms with Gasteiger partial charge in [0.25, 0.3) is 5.91 Å². The van der Waals surface area contributed by atoms with Crippen LogP contribution >= 0.6 is 0 Å². The molecular formula is C12H14N2O3. The molecule has 17 heavy (non-hydrogen) atoms. The Morgan fingerprint density at radius 3 is 2.71 bits per heavy atom. The van der Waals surface area contributed by atoms with Crippen molar-refractivity contribution in [2.45, 2.75) is 13.0 Å². The number of rotatable bonds is 3. The molecular weight excluding hydrogens is 220 g/mol. The fourth-order valence-corrected chi connectivity index (χ4v) is 1.27. The highest BCUT2D eigenvalue weighted by molar-refractivity contribution is 5.97. The van der Waals surface area contributed by atoms with Crippen LogP contribution in [-0.2, 0) is 0 Å². The van der Waals surface area contributed by atoms with Gasteiger partial charge in [0, 0.05) is 13.1 Å². The lowest BCUT2D eigenvalue weighted by molar-refractivity contribution is 0.0770. The zero-order valence-corrected chi connectivity index (χ0v) is 9.97. The molecule has 90 valence electrons. The van der Waals surface area contributed by atoms with Crippen molar-refractivity contribution in [3.8, 4) is 17.6 Å². The Labute approximate surface area is 99.8 Å². The van der Waals surface area contributed by atoms with Crippen LogP contribution in [0.2, 0.25) is 0 Å². The number of aromatic hydroxyl groups is 1. The van der Waals surface area contributed by atoms with Crippen molar-refractivity contribution in [2.75, 3.05) is 14.2 Å². The molecule has 0 aliphatic carbocycles. The maximum absolute atomic E-state index is 11.9. The molecule has 1 aromatic carbocycles. The van der Waals surface area contributed by atoms with Crippen molar-refractivity contribution in [2.24, 2.45) is 0 Å². The van der Waals surface area contributed by atoms with Gasteiger partial charge in [0.2, 0.25) is 0 Å². The summed E-state index contributed by atoms with van der Waals surface area (Å²) in [6, 6.07) is 5.81. The van der Waals surface area contributed by atoms with Gasteiger partial charge in [0.05, 0.1) is 18.7 Å². The number of carbonyl (C=O) groups excluding carboxylic acids is 1. The van der Waals surface area contributed by atoms with Gasteiger partial charge >= 0.3 is 0 Å². The molecule has 1 rings (SSSR count). The summed E-state index contributed by atoms with van der Waals surface area (Å²) < 4.78 is 4.92. The fraction of sp³-hybridized carbons (Fsp3) is 0.333. The zero-order chi connectivity index (χ0) is 13.0. The standard InChI is InChI=1S/C12H14N2O3/c1-8(7-13)14(2)12(16)10-5-4-9(17-3)6-11(10)15/h4-6,8,15H,1-3H3. The first-order valence-corrected chi connectivity index (χ1v) is 5.05. The topological polar surface area (TPSA) is 73.6 Å². The summed E-state index contributed by atoms with van der Waals surface area (Å²) in [6.45, 7) is 1.61. The molecule has 0 radical (unpaired) electrons. The molecule has 0 aliphatic rings. The van der Waals surface area contributed by atoms with E-state index in [2.05, 4.69) is 0 Å². The summed E-state index contributed by atoms with van der Waals surface area (Å²) in [7, 11) is 2.99. The molecule has 1 aromatic rings. The molecule has 0 aliphatic heterocycles. The van der Waals surface area contributed by atoms with Crippen LogP contribution in [0, 0.1) is 11.3 Å². The SMILES string of the molecule is COc1ccc(C(=O)N(C)C(C)C#N)c(O)c1. The Kier molecular flexibility index (Phi) is 3.94. The van der Waals surface area contributed by atoms with Gasteiger partial charge in [-0.2, -0.15) is 5.26 Å². The van der Waals surface area contributed by atoms with E-state index in [0.29, 0.717) is 5.75 Å². The van der Waals surface area contributed by atoms with Gasteiger partial charge in [0.15, 0.2) is 0 Å². The molecule has 0 aromatic heterocycles. The maximum Gasteiger partial charge on any atom is 0.258 e. The molecule has 5 nitrogen and oxygen atoms in total. The maximum atomic E-state index is 11.9. The summed E-state index contributed by atoms with van der Waals surface area (Å²) in [4.78, 5) is 13.2. The molecule has 0 saturated carbocycles. The van der Waals surface area contributed by atoms with Crippen molar-refractivity contribution >= 4 is 5.91 Å². The average molecular weight is 234 g/mol. The Hall–Kier alpha value is -2.22. The van der Waals surface area contributed by atoms with Gasteiger partial charge in [-0.15, -0.1) is 0 Å². The van der Waals surface area contributed by atoms with Crippen molar-refractivity contribution in [1.82, 2.24) is 4.90 Å². The molecule has 1 unspecified atom stereocenters. The average Bonchev–Trinajstić information content (AvgIpc) is 2.35. The molecule has 5 heteroatoms. The third-order valence-corrected chi connectivity index (χ3v) is 2.52. The quantitative estimate of drug-likeness (QED) is 0.857. The highest BCUT2D eigenvalue weighted by Gasteiger charge is 2.20. The lowest BCUT2D eigenvalue weighted by Crippen LogP contribution is -2.34. The number of carbonyl (C=O) groups is 1. The van der Waals surface area contributed by atoms with Crippen LogP contribution < -0.4 is 4.74 Å². The van der Waals surface area contributed by atoms with Crippen LogP contribution in [0.4, 0.5) is 0 Å². The second-order valence-corrected chi connectivity index (χ2v) is 3.60. The number of amides is 1. The minimum Gasteiger partial charge on any atom is -0.507 e. The normalized spacial score (nSPS) is 11.4. The molecule has 0 spiro atoms. The van der Waals surface area contributed by atoms with Gasteiger partial charge < -0.3 is 14.7 Å². The first-order valence-electron chi connectivity index (χ1n) is 5.05. The third-order valence-electron chi connectivity index (χ3n) is 2.52. The number of ether oxygens (including phenoxy) is 1. The predicted molar refractivity (Wildman–Crippen MR) is 61.8 cm³/mol. The molecule has 0 heterocycles. The Bertz CT molecular complexity index is 465. The first kappa shape index (κ1) is 12.8. The number of hydrogen-bond donors (Lipinski definition) is 1. The predicted octanol–water partition coefficient (Wildman–Crippen LogP) is 1.38. The third kappa shape index (κ3) is 2.67. The largest absolute Gasteiger partial charge is 0.507 e. The van der Waals surface area contributed by atoms with E-state index >= 15 is 0 Å². The summed E-state index contributed by atoms with van der Waals surface area (Å²) in [5.74, 6) is -0.0967. The summed E-state index contributed by atoms with van der Waals surface area (Å²) in [6.07, 6.45) is 0. The highest BCUT2D eigenvalue weighted by atomic mass is 16.5. The second-order valence-electron chi connectivity index (χ2n) is 3.60. The van der Waals surface area contributed by atoms with Gasteiger partial charge in [-0.05, 0) is 19.1 Å². The van der Waals surface area contributed by atoms with Gasteiger partial charge in [-0.25, -0.2) is 0 Å². The number of nitrogens with zero attached hydrogens (tertiary/aromatic N) is 2. The monoisotopic (exact) mass is 234 g/mol. The van der Waals surface area contributed by atoms with E-state index in [1.165, 1.54) is 31.2 Å². The van der Waals surface area contributed by atoms with Gasteiger partial charge in [-0.3, -0.25) is 4.79 Å². The van der Waals surface area contributed by atoms with Gasteiger partial charge in [0.1, 0.15) is 17.5 Å². The number of phenolic OH excluding ortho intramolecular Hbond substituents is 1. The molecule has 0 saturated heterocycles. The van der Waals surface area contributed by atoms with Crippen molar-refractivity contribution < 1.29 is 14.6 Å². The van der Waals surface area contributed by atoms with E-state index in [1.54, 1.807) is 13.0 Å².